The summed E-state index contributed by atoms with van der Waals surface area (Å²) in [6.07, 6.45) is 5.13. The van der Waals surface area contributed by atoms with Crippen molar-refractivity contribution < 1.29 is 9.47 Å². The fourth-order valence-corrected chi connectivity index (χ4v) is 4.05. The summed E-state index contributed by atoms with van der Waals surface area (Å²) in [5, 5.41) is 0. The van der Waals surface area contributed by atoms with E-state index in [-0.39, 0.29) is 6.10 Å². The molecule has 2 atom stereocenters. The smallest absolute Gasteiger partial charge is 0.166 e. The highest BCUT2D eigenvalue weighted by Gasteiger charge is 2.54. The third kappa shape index (κ3) is 4.16. The van der Waals surface area contributed by atoms with Crippen molar-refractivity contribution in [3.05, 3.63) is 22.7 Å². The van der Waals surface area contributed by atoms with Crippen LogP contribution >= 0.6 is 27.7 Å². The van der Waals surface area contributed by atoms with Crippen LogP contribution in [-0.2, 0) is 9.47 Å². The molecule has 0 aromatic heterocycles. The molecule has 0 N–H and O–H groups in total. The first kappa shape index (κ1) is 17.1. The molecule has 116 valence electrons. The summed E-state index contributed by atoms with van der Waals surface area (Å²) in [5.41, 5.74) is 0.756. The van der Waals surface area contributed by atoms with E-state index in [2.05, 4.69) is 40.4 Å². The van der Waals surface area contributed by atoms with Gasteiger partial charge in [-0.25, -0.2) is 0 Å². The second kappa shape index (κ2) is 6.91. The van der Waals surface area contributed by atoms with Crippen molar-refractivity contribution in [1.82, 2.24) is 0 Å². The molecule has 1 heterocycles. The van der Waals surface area contributed by atoms with Crippen molar-refractivity contribution in [2.24, 2.45) is 0 Å². The van der Waals surface area contributed by atoms with Crippen molar-refractivity contribution in [3.8, 4) is 11.8 Å². The third-order valence-electron chi connectivity index (χ3n) is 3.49. The molecule has 0 unspecified atom stereocenters. The Hall–Kier alpha value is -0.210. The number of hydrogen-bond donors (Lipinski definition) is 0. The Morgan fingerprint density at radius 1 is 1.57 bits per heavy atom. The minimum absolute atomic E-state index is 0.205. The average Bonchev–Trinajstić information content (AvgIpc) is 2.64. The van der Waals surface area contributed by atoms with Crippen LogP contribution in [0.2, 0.25) is 0 Å². The van der Waals surface area contributed by atoms with Gasteiger partial charge in [-0.2, -0.15) is 0 Å². The molecule has 1 aliphatic heterocycles. The lowest BCUT2D eigenvalue weighted by atomic mass is 9.86. The van der Waals surface area contributed by atoms with Gasteiger partial charge in [0.05, 0.1) is 5.75 Å². The Morgan fingerprint density at radius 2 is 2.33 bits per heavy atom. The van der Waals surface area contributed by atoms with E-state index in [1.165, 1.54) is 5.57 Å². The van der Waals surface area contributed by atoms with E-state index in [4.69, 9.17) is 9.47 Å². The third-order valence-corrected chi connectivity index (χ3v) is 5.53. The number of thioether (sulfide) groups is 1. The molecule has 2 nitrogen and oxygen atoms in total. The lowest BCUT2D eigenvalue weighted by Crippen LogP contribution is -2.41. The minimum Gasteiger partial charge on any atom is -0.335 e. The zero-order valence-corrected chi connectivity index (χ0v) is 15.4. The molecule has 1 spiro atoms. The van der Waals surface area contributed by atoms with Crippen LogP contribution in [0.3, 0.4) is 0 Å². The van der Waals surface area contributed by atoms with Crippen LogP contribution < -0.4 is 0 Å². The molecule has 0 aromatic rings. The Labute approximate surface area is 140 Å². The van der Waals surface area contributed by atoms with E-state index < -0.39 is 11.4 Å². The van der Waals surface area contributed by atoms with Gasteiger partial charge in [-0.05, 0) is 40.0 Å². The van der Waals surface area contributed by atoms with Gasteiger partial charge in [-0.15, -0.1) is 11.8 Å². The molecule has 0 radical (unpaired) electrons. The predicted molar refractivity (Wildman–Crippen MR) is 93.5 cm³/mol. The van der Waals surface area contributed by atoms with Gasteiger partial charge in [-0.3, -0.25) is 0 Å². The lowest BCUT2D eigenvalue weighted by molar-refractivity contribution is -0.155. The summed E-state index contributed by atoms with van der Waals surface area (Å²) >= 11 is 5.46. The van der Waals surface area contributed by atoms with Gasteiger partial charge >= 0.3 is 0 Å². The normalized spacial score (nSPS) is 30.7. The van der Waals surface area contributed by atoms with Crippen LogP contribution in [-0.4, -0.2) is 29.0 Å². The van der Waals surface area contributed by atoms with Crippen LogP contribution in [0.15, 0.2) is 22.7 Å². The first-order valence-electron chi connectivity index (χ1n) is 7.30. The Morgan fingerprint density at radius 3 is 3.00 bits per heavy atom. The highest BCUT2D eigenvalue weighted by Crippen LogP contribution is 2.48. The van der Waals surface area contributed by atoms with E-state index in [0.29, 0.717) is 0 Å². The van der Waals surface area contributed by atoms with Crippen molar-refractivity contribution in [1.29, 1.82) is 0 Å². The van der Waals surface area contributed by atoms with E-state index >= 15 is 0 Å². The summed E-state index contributed by atoms with van der Waals surface area (Å²) in [4.78, 5) is 0. The van der Waals surface area contributed by atoms with Gasteiger partial charge in [0.1, 0.15) is 5.60 Å². The second-order valence-electron chi connectivity index (χ2n) is 6.10. The van der Waals surface area contributed by atoms with E-state index in [1.54, 1.807) is 11.8 Å². The SMILES string of the molecule is C=C(C)CSCC#C[C@@H]1OC(C)(C)O[C@@]12CCCC=C2Br. The molecule has 0 saturated carbocycles. The zero-order valence-electron chi connectivity index (χ0n) is 13.0. The number of rotatable bonds is 3. The number of allylic oxidation sites excluding steroid dienone is 1. The zero-order chi connectivity index (χ0) is 15.5. The minimum atomic E-state index is -0.589. The highest BCUT2D eigenvalue weighted by molar-refractivity contribution is 9.11. The molecular formula is C17H23BrO2S. The Balaban J connectivity index is 2.09. The van der Waals surface area contributed by atoms with Crippen LogP contribution in [0.1, 0.15) is 40.0 Å². The van der Waals surface area contributed by atoms with Crippen LogP contribution in [0.5, 0.6) is 0 Å². The number of ether oxygens (including phenoxy) is 2. The predicted octanol–water partition coefficient (Wildman–Crippen LogP) is 4.65. The fraction of sp³-hybridized carbons (Fsp3) is 0.647. The van der Waals surface area contributed by atoms with Crippen molar-refractivity contribution in [2.75, 3.05) is 11.5 Å². The molecule has 2 aliphatic rings. The number of halogens is 1. The van der Waals surface area contributed by atoms with Gasteiger partial charge in [0.25, 0.3) is 0 Å². The maximum Gasteiger partial charge on any atom is 0.166 e. The van der Waals surface area contributed by atoms with Gasteiger partial charge in [0, 0.05) is 10.2 Å². The lowest BCUT2D eigenvalue weighted by Gasteiger charge is -2.33. The Kier molecular flexibility index (Phi) is 5.65. The van der Waals surface area contributed by atoms with Crippen molar-refractivity contribution in [2.45, 2.75) is 57.5 Å². The summed E-state index contributed by atoms with van der Waals surface area (Å²) < 4.78 is 13.4. The summed E-state index contributed by atoms with van der Waals surface area (Å²) in [5.74, 6) is 7.68. The molecular weight excluding hydrogens is 348 g/mol. The molecule has 21 heavy (non-hydrogen) atoms. The highest BCUT2D eigenvalue weighted by atomic mass is 79.9. The van der Waals surface area contributed by atoms with E-state index in [0.717, 1.165) is 35.3 Å². The second-order valence-corrected chi connectivity index (χ2v) is 7.94. The molecule has 0 amide bonds. The fourth-order valence-electron chi connectivity index (χ4n) is 2.69. The molecule has 0 bridgehead atoms. The first-order chi connectivity index (χ1) is 9.86. The summed E-state index contributed by atoms with van der Waals surface area (Å²) in [7, 11) is 0. The largest absolute Gasteiger partial charge is 0.335 e. The van der Waals surface area contributed by atoms with Gasteiger partial charge < -0.3 is 9.47 Å². The van der Waals surface area contributed by atoms with Crippen molar-refractivity contribution >= 4 is 27.7 Å². The quantitative estimate of drug-likeness (QED) is 0.409. The molecule has 0 aromatic carbocycles. The summed E-state index contributed by atoms with van der Waals surface area (Å²) in [6.45, 7) is 9.86. The van der Waals surface area contributed by atoms with E-state index in [1.807, 2.05) is 20.8 Å². The molecule has 1 saturated heterocycles. The van der Waals surface area contributed by atoms with E-state index in [9.17, 15) is 0 Å². The monoisotopic (exact) mass is 370 g/mol. The van der Waals surface area contributed by atoms with Crippen LogP contribution in [0, 0.1) is 11.8 Å². The summed E-state index contributed by atoms with van der Waals surface area (Å²) in [6, 6.07) is 0. The molecule has 4 heteroatoms. The molecule has 1 fully saturated rings. The first-order valence-corrected chi connectivity index (χ1v) is 9.25. The van der Waals surface area contributed by atoms with Crippen LogP contribution in [0.25, 0.3) is 0 Å². The maximum absolute atomic E-state index is 6.24. The van der Waals surface area contributed by atoms with Gasteiger partial charge in [0.15, 0.2) is 11.9 Å². The number of hydrogen-bond acceptors (Lipinski definition) is 3. The molecule has 1 aliphatic carbocycles. The van der Waals surface area contributed by atoms with Gasteiger partial charge in [0.2, 0.25) is 0 Å². The average molecular weight is 371 g/mol. The van der Waals surface area contributed by atoms with Gasteiger partial charge in [-0.1, -0.05) is 46.0 Å². The van der Waals surface area contributed by atoms with Crippen LogP contribution in [0.4, 0.5) is 0 Å². The standard InChI is InChI=1S/C17H23BrO2S/c1-13(2)12-21-11-7-9-15-17(20-16(3,4)19-15)10-6-5-8-14(17)18/h8,15H,1,5-6,10-12H2,2-4H3/t15-,17+/m0/s1. The topological polar surface area (TPSA) is 18.5 Å². The Bertz CT molecular complexity index is 501. The van der Waals surface area contributed by atoms with Crippen molar-refractivity contribution in [3.63, 3.8) is 0 Å². The maximum atomic E-state index is 6.24. The molecule has 2 rings (SSSR count).